The summed E-state index contributed by atoms with van der Waals surface area (Å²) in [5.41, 5.74) is 0. The second-order valence-corrected chi connectivity index (χ2v) is 7.05. The molecule has 2 rings (SSSR count). The van der Waals surface area contributed by atoms with Crippen molar-refractivity contribution in [1.82, 2.24) is 4.90 Å². The minimum Gasteiger partial charge on any atom is -0.480 e. The summed E-state index contributed by atoms with van der Waals surface area (Å²) >= 11 is 4.65. The average molecular weight is 332 g/mol. The van der Waals surface area contributed by atoms with E-state index in [1.165, 1.54) is 16.2 Å². The molecule has 0 aliphatic carbocycles. The molecule has 2 unspecified atom stereocenters. The van der Waals surface area contributed by atoms with Gasteiger partial charge < -0.3 is 10.0 Å². The highest BCUT2D eigenvalue weighted by molar-refractivity contribution is 9.11. The van der Waals surface area contributed by atoms with E-state index in [2.05, 4.69) is 15.9 Å². The Morgan fingerprint density at radius 1 is 1.50 bits per heavy atom. The minimum absolute atomic E-state index is 0.176. The van der Waals surface area contributed by atoms with Crippen LogP contribution in [0, 0.1) is 5.92 Å². The highest BCUT2D eigenvalue weighted by atomic mass is 79.9. The largest absolute Gasteiger partial charge is 0.480 e. The number of halogens is 1. The number of piperidine rings is 1. The summed E-state index contributed by atoms with van der Waals surface area (Å²) in [6.07, 6.45) is 1.40. The molecule has 0 saturated carbocycles. The first-order valence-corrected chi connectivity index (χ1v) is 7.39. The first-order chi connectivity index (χ1) is 8.49. The monoisotopic (exact) mass is 331 g/mol. The molecule has 0 aromatic carbocycles. The Bertz CT molecular complexity index is 474. The van der Waals surface area contributed by atoms with Crippen molar-refractivity contribution in [1.29, 1.82) is 0 Å². The Kier molecular flexibility index (Phi) is 4.07. The molecule has 1 amide bonds. The number of likely N-dealkylation sites (tertiary alicyclic amines) is 1. The van der Waals surface area contributed by atoms with Crippen molar-refractivity contribution in [2.45, 2.75) is 25.8 Å². The Labute approximate surface area is 118 Å². The van der Waals surface area contributed by atoms with Crippen LogP contribution in [0.4, 0.5) is 0 Å². The number of hydrogen-bond acceptors (Lipinski definition) is 3. The predicted molar refractivity (Wildman–Crippen MR) is 72.9 cm³/mol. The zero-order chi connectivity index (χ0) is 13.3. The number of nitrogens with zero attached hydrogens (tertiary/aromatic N) is 1. The summed E-state index contributed by atoms with van der Waals surface area (Å²) in [4.78, 5) is 25.6. The molecule has 0 spiro atoms. The SMILES string of the molecule is CC1CCN(C(=O)c2ccc(Br)s2)C(C(=O)O)C1. The van der Waals surface area contributed by atoms with Crippen LogP contribution < -0.4 is 0 Å². The van der Waals surface area contributed by atoms with E-state index in [1.807, 2.05) is 6.92 Å². The summed E-state index contributed by atoms with van der Waals surface area (Å²) in [7, 11) is 0. The van der Waals surface area contributed by atoms with Gasteiger partial charge in [-0.25, -0.2) is 4.79 Å². The lowest BCUT2D eigenvalue weighted by Crippen LogP contribution is -2.49. The topological polar surface area (TPSA) is 57.6 Å². The summed E-state index contributed by atoms with van der Waals surface area (Å²) < 4.78 is 0.878. The summed E-state index contributed by atoms with van der Waals surface area (Å²) in [5.74, 6) is -0.735. The van der Waals surface area contributed by atoms with Crippen molar-refractivity contribution in [3.63, 3.8) is 0 Å². The van der Waals surface area contributed by atoms with Gasteiger partial charge in [0.25, 0.3) is 5.91 Å². The van der Waals surface area contributed by atoms with Gasteiger partial charge in [-0.05, 0) is 46.8 Å². The van der Waals surface area contributed by atoms with Crippen LogP contribution in [0.15, 0.2) is 15.9 Å². The van der Waals surface area contributed by atoms with Gasteiger partial charge in [0.15, 0.2) is 0 Å². The third kappa shape index (κ3) is 2.75. The molecule has 1 aliphatic heterocycles. The quantitative estimate of drug-likeness (QED) is 0.906. The number of aliphatic carboxylic acids is 1. The van der Waals surface area contributed by atoms with E-state index in [4.69, 9.17) is 0 Å². The van der Waals surface area contributed by atoms with Gasteiger partial charge in [-0.15, -0.1) is 11.3 Å². The molecule has 0 radical (unpaired) electrons. The fourth-order valence-electron chi connectivity index (χ4n) is 2.19. The second kappa shape index (κ2) is 5.40. The van der Waals surface area contributed by atoms with Gasteiger partial charge in [0.2, 0.25) is 0 Å². The van der Waals surface area contributed by atoms with Gasteiger partial charge in [-0.3, -0.25) is 4.79 Å². The number of carbonyl (C=O) groups is 2. The van der Waals surface area contributed by atoms with Crippen LogP contribution in [0.2, 0.25) is 0 Å². The summed E-state index contributed by atoms with van der Waals surface area (Å²) in [5, 5.41) is 9.23. The van der Waals surface area contributed by atoms with E-state index < -0.39 is 12.0 Å². The highest BCUT2D eigenvalue weighted by Crippen LogP contribution is 2.28. The predicted octanol–water partition coefficient (Wildman–Crippen LogP) is 2.84. The zero-order valence-corrected chi connectivity index (χ0v) is 12.3. The molecule has 2 heterocycles. The molecule has 6 heteroatoms. The third-order valence-corrected chi connectivity index (χ3v) is 4.81. The summed E-state index contributed by atoms with van der Waals surface area (Å²) in [6, 6.07) is 2.84. The lowest BCUT2D eigenvalue weighted by molar-refractivity contribution is -0.144. The molecule has 1 saturated heterocycles. The second-order valence-electron chi connectivity index (χ2n) is 4.59. The first-order valence-electron chi connectivity index (χ1n) is 5.78. The van der Waals surface area contributed by atoms with Crippen LogP contribution in [-0.4, -0.2) is 34.5 Å². The van der Waals surface area contributed by atoms with Crippen molar-refractivity contribution in [3.05, 3.63) is 20.8 Å². The van der Waals surface area contributed by atoms with Gasteiger partial charge in [-0.1, -0.05) is 6.92 Å². The van der Waals surface area contributed by atoms with Crippen LogP contribution in [0.1, 0.15) is 29.4 Å². The van der Waals surface area contributed by atoms with Crippen molar-refractivity contribution in [2.24, 2.45) is 5.92 Å². The van der Waals surface area contributed by atoms with E-state index in [0.717, 1.165) is 10.2 Å². The number of amides is 1. The van der Waals surface area contributed by atoms with E-state index in [0.29, 0.717) is 23.8 Å². The molecule has 98 valence electrons. The van der Waals surface area contributed by atoms with Crippen LogP contribution in [0.25, 0.3) is 0 Å². The fourth-order valence-corrected chi connectivity index (χ4v) is 3.53. The van der Waals surface area contributed by atoms with Gasteiger partial charge >= 0.3 is 5.97 Å². The van der Waals surface area contributed by atoms with E-state index >= 15 is 0 Å². The number of thiophene rings is 1. The average Bonchev–Trinajstić information content (AvgIpc) is 2.75. The maximum atomic E-state index is 12.3. The molecule has 1 aromatic heterocycles. The number of rotatable bonds is 2. The van der Waals surface area contributed by atoms with Crippen molar-refractivity contribution < 1.29 is 14.7 Å². The van der Waals surface area contributed by atoms with Gasteiger partial charge in [0.1, 0.15) is 6.04 Å². The van der Waals surface area contributed by atoms with E-state index in [-0.39, 0.29) is 5.91 Å². The third-order valence-electron chi connectivity index (χ3n) is 3.19. The first kappa shape index (κ1) is 13.5. The number of carboxylic acid groups (broad SMARTS) is 1. The minimum atomic E-state index is -0.912. The molecule has 4 nitrogen and oxygen atoms in total. The molecular weight excluding hydrogens is 318 g/mol. The molecule has 1 N–H and O–H groups in total. The summed E-state index contributed by atoms with van der Waals surface area (Å²) in [6.45, 7) is 2.55. The maximum Gasteiger partial charge on any atom is 0.326 e. The Balaban J connectivity index is 2.20. The smallest absolute Gasteiger partial charge is 0.326 e. The fraction of sp³-hybridized carbons (Fsp3) is 0.500. The number of carboxylic acids is 1. The van der Waals surface area contributed by atoms with Crippen molar-refractivity contribution in [2.75, 3.05) is 6.54 Å². The number of carbonyl (C=O) groups excluding carboxylic acids is 1. The van der Waals surface area contributed by atoms with Gasteiger partial charge in [0, 0.05) is 6.54 Å². The van der Waals surface area contributed by atoms with Crippen LogP contribution in [-0.2, 0) is 4.79 Å². The zero-order valence-electron chi connectivity index (χ0n) is 9.93. The Morgan fingerprint density at radius 3 is 2.78 bits per heavy atom. The molecule has 18 heavy (non-hydrogen) atoms. The number of hydrogen-bond donors (Lipinski definition) is 1. The van der Waals surface area contributed by atoms with E-state index in [9.17, 15) is 14.7 Å². The Hall–Kier alpha value is -0.880. The standard InChI is InChI=1S/C12H14BrNO3S/c1-7-4-5-14(8(6-7)12(16)17)11(15)9-2-3-10(13)18-9/h2-3,7-8H,4-6H2,1H3,(H,16,17). The van der Waals surface area contributed by atoms with Gasteiger partial charge in [0.05, 0.1) is 8.66 Å². The van der Waals surface area contributed by atoms with Crippen LogP contribution in [0.5, 0.6) is 0 Å². The molecule has 1 aliphatic rings. The van der Waals surface area contributed by atoms with Gasteiger partial charge in [-0.2, -0.15) is 0 Å². The molecule has 1 aromatic rings. The Morgan fingerprint density at radius 2 is 2.22 bits per heavy atom. The molecule has 2 atom stereocenters. The lowest BCUT2D eigenvalue weighted by atomic mass is 9.92. The molecular formula is C12H14BrNO3S. The highest BCUT2D eigenvalue weighted by Gasteiger charge is 2.35. The normalized spacial score (nSPS) is 24.0. The molecule has 0 bridgehead atoms. The van der Waals surface area contributed by atoms with E-state index in [1.54, 1.807) is 12.1 Å². The van der Waals surface area contributed by atoms with Crippen LogP contribution >= 0.6 is 27.3 Å². The van der Waals surface area contributed by atoms with Crippen LogP contribution in [0.3, 0.4) is 0 Å². The van der Waals surface area contributed by atoms with Crippen molar-refractivity contribution in [3.8, 4) is 0 Å². The lowest BCUT2D eigenvalue weighted by Gasteiger charge is -2.35. The van der Waals surface area contributed by atoms with Crippen molar-refractivity contribution >= 4 is 39.1 Å². The maximum absolute atomic E-state index is 12.3. The molecule has 1 fully saturated rings.